The van der Waals surface area contributed by atoms with Crippen molar-refractivity contribution in [3.63, 3.8) is 0 Å². The second-order valence-corrected chi connectivity index (χ2v) is 13.4. The van der Waals surface area contributed by atoms with Crippen LogP contribution in [0.2, 0.25) is 0 Å². The van der Waals surface area contributed by atoms with Crippen LogP contribution in [-0.2, 0) is 0 Å². The standard InChI is InChI=1S/C45H27N3S/c1-3-14-28(15-4-1)43-46-44(29-16-5-2-6-17-29)48-45(47-43)37-23-12-11-22-34(37)35-24-13-25-36-40-26-38-32-20-9-7-18-30(32)31-19-8-10-21-33(31)39(38)27-41(40)49-42(35)36/h1-27H. The monoisotopic (exact) mass is 641 g/mol. The fraction of sp³-hybridized carbons (Fsp3) is 0. The van der Waals surface area contributed by atoms with E-state index in [0.717, 1.165) is 22.3 Å². The molecule has 2 aromatic heterocycles. The third-order valence-corrected chi connectivity index (χ3v) is 10.7. The molecule has 228 valence electrons. The predicted octanol–water partition coefficient (Wildman–Crippen LogP) is 12.4. The SMILES string of the molecule is c1ccc(-c2nc(-c3ccccc3)nc(-c3ccccc3-c3cccc4c3sc3cc5c6ccccc6c6ccccc6c5cc34)n2)cc1. The Morgan fingerprint density at radius 3 is 1.37 bits per heavy atom. The van der Waals surface area contributed by atoms with Crippen molar-refractivity contribution in [2.45, 2.75) is 0 Å². The summed E-state index contributed by atoms with van der Waals surface area (Å²) < 4.78 is 2.54. The number of hydrogen-bond acceptors (Lipinski definition) is 4. The van der Waals surface area contributed by atoms with E-state index in [-0.39, 0.29) is 0 Å². The van der Waals surface area contributed by atoms with Gasteiger partial charge in [-0.25, -0.2) is 15.0 Å². The van der Waals surface area contributed by atoms with E-state index in [9.17, 15) is 0 Å². The lowest BCUT2D eigenvalue weighted by Crippen LogP contribution is -2.01. The molecule has 0 aliphatic heterocycles. The molecular weight excluding hydrogens is 615 g/mol. The van der Waals surface area contributed by atoms with Gasteiger partial charge in [0.05, 0.1) is 0 Å². The summed E-state index contributed by atoms with van der Waals surface area (Å²) in [7, 11) is 0. The lowest BCUT2D eigenvalue weighted by Gasteiger charge is -2.12. The molecule has 0 aliphatic rings. The van der Waals surface area contributed by atoms with Crippen LogP contribution in [0.4, 0.5) is 0 Å². The number of rotatable bonds is 4. The van der Waals surface area contributed by atoms with Crippen molar-refractivity contribution in [3.8, 4) is 45.3 Å². The van der Waals surface area contributed by atoms with Gasteiger partial charge in [0.1, 0.15) is 0 Å². The first kappa shape index (κ1) is 27.8. The molecule has 0 saturated heterocycles. The van der Waals surface area contributed by atoms with Gasteiger partial charge in [0.25, 0.3) is 0 Å². The molecule has 10 rings (SSSR count). The van der Waals surface area contributed by atoms with Gasteiger partial charge >= 0.3 is 0 Å². The third kappa shape index (κ3) is 4.53. The van der Waals surface area contributed by atoms with Crippen LogP contribution in [0.25, 0.3) is 97.8 Å². The van der Waals surface area contributed by atoms with Gasteiger partial charge in [-0.05, 0) is 50.0 Å². The Balaban J connectivity index is 1.22. The summed E-state index contributed by atoms with van der Waals surface area (Å²) in [6, 6.07) is 57.9. The minimum Gasteiger partial charge on any atom is -0.208 e. The Labute approximate surface area is 286 Å². The molecule has 49 heavy (non-hydrogen) atoms. The first-order valence-electron chi connectivity index (χ1n) is 16.5. The smallest absolute Gasteiger partial charge is 0.164 e. The summed E-state index contributed by atoms with van der Waals surface area (Å²) in [5.74, 6) is 1.97. The Kier molecular flexibility index (Phi) is 6.36. The zero-order valence-corrected chi connectivity index (χ0v) is 27.2. The molecule has 0 unspecified atom stereocenters. The summed E-state index contributed by atoms with van der Waals surface area (Å²) in [6.07, 6.45) is 0. The highest BCUT2D eigenvalue weighted by Crippen LogP contribution is 2.45. The molecular formula is C45H27N3S. The van der Waals surface area contributed by atoms with Crippen molar-refractivity contribution in [2.75, 3.05) is 0 Å². The zero-order valence-electron chi connectivity index (χ0n) is 26.3. The van der Waals surface area contributed by atoms with Crippen molar-refractivity contribution >= 4 is 63.8 Å². The Morgan fingerprint density at radius 1 is 0.306 bits per heavy atom. The number of hydrogen-bond donors (Lipinski definition) is 0. The third-order valence-electron chi connectivity index (χ3n) is 9.52. The number of fused-ring (bicyclic) bond motifs is 9. The zero-order chi connectivity index (χ0) is 32.3. The molecule has 0 N–H and O–H groups in total. The van der Waals surface area contributed by atoms with Gasteiger partial charge in [-0.2, -0.15) is 0 Å². The second-order valence-electron chi connectivity index (χ2n) is 12.4. The van der Waals surface area contributed by atoms with E-state index in [0.29, 0.717) is 17.5 Å². The van der Waals surface area contributed by atoms with Crippen LogP contribution in [0.5, 0.6) is 0 Å². The molecule has 0 spiro atoms. The highest BCUT2D eigenvalue weighted by atomic mass is 32.1. The Bertz CT molecular complexity index is 2820. The summed E-state index contributed by atoms with van der Waals surface area (Å²) in [5.41, 5.74) is 5.17. The molecule has 0 radical (unpaired) electrons. The van der Waals surface area contributed by atoms with Crippen LogP contribution in [-0.4, -0.2) is 15.0 Å². The van der Waals surface area contributed by atoms with Crippen molar-refractivity contribution < 1.29 is 0 Å². The second kappa shape index (κ2) is 11.2. The van der Waals surface area contributed by atoms with Crippen LogP contribution in [0.15, 0.2) is 164 Å². The van der Waals surface area contributed by atoms with Gasteiger partial charge in [0, 0.05) is 42.4 Å². The van der Waals surface area contributed by atoms with Crippen LogP contribution >= 0.6 is 11.3 Å². The van der Waals surface area contributed by atoms with Crippen LogP contribution in [0, 0.1) is 0 Å². The van der Waals surface area contributed by atoms with Crippen LogP contribution < -0.4 is 0 Å². The Hall–Kier alpha value is -6.23. The molecule has 10 aromatic rings. The van der Waals surface area contributed by atoms with E-state index in [4.69, 9.17) is 15.0 Å². The van der Waals surface area contributed by atoms with Gasteiger partial charge in [-0.3, -0.25) is 0 Å². The van der Waals surface area contributed by atoms with Gasteiger partial charge in [0.15, 0.2) is 17.5 Å². The van der Waals surface area contributed by atoms with E-state index < -0.39 is 0 Å². The summed E-state index contributed by atoms with van der Waals surface area (Å²) in [6.45, 7) is 0. The molecule has 0 amide bonds. The molecule has 0 fully saturated rings. The van der Waals surface area contributed by atoms with Gasteiger partial charge in [-0.15, -0.1) is 11.3 Å². The minimum absolute atomic E-state index is 0.657. The first-order valence-corrected chi connectivity index (χ1v) is 17.3. The fourth-order valence-corrected chi connectivity index (χ4v) is 8.50. The van der Waals surface area contributed by atoms with Crippen molar-refractivity contribution in [3.05, 3.63) is 164 Å². The minimum atomic E-state index is 0.657. The average molecular weight is 642 g/mol. The quantitative estimate of drug-likeness (QED) is 0.180. The first-order chi connectivity index (χ1) is 24.3. The summed E-state index contributed by atoms with van der Waals surface area (Å²) >= 11 is 1.86. The highest BCUT2D eigenvalue weighted by molar-refractivity contribution is 7.26. The van der Waals surface area contributed by atoms with E-state index >= 15 is 0 Å². The summed E-state index contributed by atoms with van der Waals surface area (Å²) in [4.78, 5) is 15.1. The van der Waals surface area contributed by atoms with Crippen LogP contribution in [0.3, 0.4) is 0 Å². The number of aromatic nitrogens is 3. The molecule has 0 atom stereocenters. The van der Waals surface area contributed by atoms with Gasteiger partial charge in [-0.1, -0.05) is 152 Å². The van der Waals surface area contributed by atoms with Crippen LogP contribution in [0.1, 0.15) is 0 Å². The number of benzene rings is 8. The molecule has 8 aromatic carbocycles. The van der Waals surface area contributed by atoms with Crippen molar-refractivity contribution in [1.82, 2.24) is 15.0 Å². The number of thiophene rings is 1. The van der Waals surface area contributed by atoms with E-state index in [1.807, 2.05) is 72.0 Å². The fourth-order valence-electron chi connectivity index (χ4n) is 7.25. The normalized spacial score (nSPS) is 11.7. The average Bonchev–Trinajstić information content (AvgIpc) is 3.56. The van der Waals surface area contributed by atoms with Gasteiger partial charge < -0.3 is 0 Å². The van der Waals surface area contributed by atoms with Gasteiger partial charge in [0.2, 0.25) is 0 Å². The largest absolute Gasteiger partial charge is 0.208 e. The number of nitrogens with zero attached hydrogens (tertiary/aromatic N) is 3. The molecule has 0 aliphatic carbocycles. The molecule has 0 saturated carbocycles. The van der Waals surface area contributed by atoms with Crippen molar-refractivity contribution in [2.24, 2.45) is 0 Å². The molecule has 4 heteroatoms. The highest BCUT2D eigenvalue weighted by Gasteiger charge is 2.19. The van der Waals surface area contributed by atoms with Crippen molar-refractivity contribution in [1.29, 1.82) is 0 Å². The maximum absolute atomic E-state index is 5.08. The maximum Gasteiger partial charge on any atom is 0.164 e. The predicted molar refractivity (Wildman–Crippen MR) is 207 cm³/mol. The Morgan fingerprint density at radius 2 is 0.755 bits per heavy atom. The molecule has 2 heterocycles. The molecule has 3 nitrogen and oxygen atoms in total. The maximum atomic E-state index is 5.08. The summed E-state index contributed by atoms with van der Waals surface area (Å²) in [5, 5.41) is 10.3. The van der Waals surface area contributed by atoms with E-state index in [1.54, 1.807) is 0 Å². The molecule has 0 bridgehead atoms. The topological polar surface area (TPSA) is 38.7 Å². The lowest BCUT2D eigenvalue weighted by atomic mass is 9.93. The van der Waals surface area contributed by atoms with E-state index in [2.05, 4.69) is 103 Å². The lowest BCUT2D eigenvalue weighted by molar-refractivity contribution is 1.07. The van der Waals surface area contributed by atoms with E-state index in [1.165, 1.54) is 58.1 Å².